The van der Waals surface area contributed by atoms with Crippen LogP contribution in [-0.2, 0) is 0 Å². The predicted molar refractivity (Wildman–Crippen MR) is 273 cm³/mol. The molecule has 3 aromatic heterocycles. The van der Waals surface area contributed by atoms with Crippen molar-refractivity contribution in [3.63, 3.8) is 0 Å². The minimum absolute atomic E-state index is 0.490. The van der Waals surface area contributed by atoms with Crippen LogP contribution in [0.5, 0.6) is 23.0 Å². The van der Waals surface area contributed by atoms with Crippen LogP contribution in [0, 0.1) is 11.3 Å². The van der Waals surface area contributed by atoms with E-state index in [1.165, 1.54) is 0 Å². The van der Waals surface area contributed by atoms with E-state index in [2.05, 4.69) is 152 Å². The van der Waals surface area contributed by atoms with Gasteiger partial charge in [-0.1, -0.05) is 121 Å². The van der Waals surface area contributed by atoms with Gasteiger partial charge in [0.1, 0.15) is 11.9 Å². The Morgan fingerprint density at radius 1 is 0.353 bits per heavy atom. The summed E-state index contributed by atoms with van der Waals surface area (Å²) in [7, 11) is 0. The second-order valence-corrected chi connectivity index (χ2v) is 17.0. The molecule has 0 amide bonds. The van der Waals surface area contributed by atoms with Crippen LogP contribution in [0.4, 0.5) is 34.3 Å². The van der Waals surface area contributed by atoms with Gasteiger partial charge >= 0.3 is 0 Å². The van der Waals surface area contributed by atoms with Gasteiger partial charge in [0, 0.05) is 44.9 Å². The van der Waals surface area contributed by atoms with E-state index in [0.717, 1.165) is 106 Å². The van der Waals surface area contributed by atoms with Gasteiger partial charge in [-0.25, -0.2) is 4.98 Å². The van der Waals surface area contributed by atoms with Gasteiger partial charge in [0.15, 0.2) is 23.0 Å². The highest BCUT2D eigenvalue weighted by molar-refractivity contribution is 6.12. The van der Waals surface area contributed by atoms with Gasteiger partial charge in [-0.2, -0.15) is 5.26 Å². The summed E-state index contributed by atoms with van der Waals surface area (Å²) in [6.45, 7) is 0. The third-order valence-corrected chi connectivity index (χ3v) is 13.4. The maximum atomic E-state index is 11.5. The lowest BCUT2D eigenvalue weighted by Crippen LogP contribution is -2.18. The molecule has 14 rings (SSSR count). The number of aromatic nitrogens is 3. The van der Waals surface area contributed by atoms with Crippen molar-refractivity contribution in [1.82, 2.24) is 14.1 Å². The number of benzene rings is 9. The highest BCUT2D eigenvalue weighted by atomic mass is 16.5. The number of para-hydroxylation sites is 12. The van der Waals surface area contributed by atoms with Crippen LogP contribution in [0.25, 0.3) is 66.1 Å². The van der Waals surface area contributed by atoms with Gasteiger partial charge in [0.2, 0.25) is 0 Å². The Bertz CT molecular complexity index is 3910. The van der Waals surface area contributed by atoms with Crippen LogP contribution >= 0.6 is 0 Å². The molecule has 0 radical (unpaired) electrons. The molecule has 0 N–H and O–H groups in total. The van der Waals surface area contributed by atoms with Gasteiger partial charge in [-0.3, -0.25) is 4.90 Å². The van der Waals surface area contributed by atoms with Crippen molar-refractivity contribution < 1.29 is 9.47 Å². The Morgan fingerprint density at radius 3 is 1.15 bits per heavy atom. The van der Waals surface area contributed by atoms with E-state index in [0.29, 0.717) is 22.9 Å². The Balaban J connectivity index is 1.12. The smallest absolute Gasteiger partial charge is 0.151 e. The molecule has 68 heavy (non-hydrogen) atoms. The molecule has 9 aromatic carbocycles. The molecule has 2 aliphatic rings. The maximum absolute atomic E-state index is 11.5. The summed E-state index contributed by atoms with van der Waals surface area (Å²) in [4.78, 5) is 9.76. The summed E-state index contributed by atoms with van der Waals surface area (Å²) in [6, 6.07) is 75.5. The number of rotatable bonds is 5. The topological polar surface area (TPSA) is 71.5 Å². The maximum Gasteiger partial charge on any atom is 0.151 e. The van der Waals surface area contributed by atoms with Crippen molar-refractivity contribution >= 4 is 77.9 Å². The van der Waals surface area contributed by atoms with Gasteiger partial charge in [0.25, 0.3) is 0 Å². The highest BCUT2D eigenvalue weighted by Gasteiger charge is 2.32. The van der Waals surface area contributed by atoms with E-state index in [9.17, 15) is 5.26 Å². The Hall–Kier alpha value is -9.58. The second kappa shape index (κ2) is 14.7. The quantitative estimate of drug-likeness (QED) is 0.172. The van der Waals surface area contributed by atoms with Gasteiger partial charge < -0.3 is 23.5 Å². The summed E-state index contributed by atoms with van der Waals surface area (Å²) in [5.74, 6) is 3.61. The van der Waals surface area contributed by atoms with Crippen LogP contribution in [0.1, 0.15) is 5.56 Å². The number of nitriles is 1. The molecule has 0 saturated heterocycles. The predicted octanol–water partition coefficient (Wildman–Crippen LogP) is 16.0. The molecule has 12 aromatic rings. The molecule has 0 spiro atoms. The molecule has 0 aliphatic carbocycles. The standard InChI is InChI=1S/C60H36N6O2/c61-36-38-33-43(54(63-45-21-5-1-17-39(45)40-18-2-6-22-46(40)63)34-53(38)65-49-25-9-13-29-56(49)67-57-30-14-10-26-50(57)65)44-37-62-60(66-51-27-11-15-31-58(51)68-59-32-16-12-28-52(59)66)35-55(44)64-47-23-7-3-19-41(47)42-20-4-8-24-48(42)64/h1-35,37H. The third-order valence-electron chi connectivity index (χ3n) is 13.4. The van der Waals surface area contributed by atoms with E-state index in [4.69, 9.17) is 14.5 Å². The Morgan fingerprint density at radius 2 is 0.721 bits per heavy atom. The first-order chi connectivity index (χ1) is 33.7. The minimum atomic E-state index is 0.490. The first-order valence-corrected chi connectivity index (χ1v) is 22.6. The zero-order chi connectivity index (χ0) is 44.9. The Labute approximate surface area is 390 Å². The van der Waals surface area contributed by atoms with Gasteiger partial charge in [-0.05, 0) is 84.9 Å². The fourth-order valence-electron chi connectivity index (χ4n) is 10.5. The average Bonchev–Trinajstić information content (AvgIpc) is 3.92. The molecule has 0 unspecified atom stereocenters. The van der Waals surface area contributed by atoms with Gasteiger partial charge in [0.05, 0.1) is 67.4 Å². The average molecular weight is 873 g/mol. The van der Waals surface area contributed by atoms with Crippen LogP contribution < -0.4 is 19.3 Å². The summed E-state index contributed by atoms with van der Waals surface area (Å²) in [5, 5.41) is 16.0. The summed E-state index contributed by atoms with van der Waals surface area (Å²) in [6.07, 6.45) is 1.99. The summed E-state index contributed by atoms with van der Waals surface area (Å²) < 4.78 is 17.7. The number of ether oxygens (including phenoxy) is 2. The fourth-order valence-corrected chi connectivity index (χ4v) is 10.5. The summed E-state index contributed by atoms with van der Waals surface area (Å²) >= 11 is 0. The normalized spacial score (nSPS) is 12.6. The van der Waals surface area contributed by atoms with E-state index in [1.54, 1.807) is 0 Å². The second-order valence-electron chi connectivity index (χ2n) is 17.0. The number of anilines is 6. The molecule has 8 nitrogen and oxygen atoms in total. The number of nitrogens with zero attached hydrogens (tertiary/aromatic N) is 6. The Kier molecular flexibility index (Phi) is 8.18. The molecule has 0 fully saturated rings. The molecule has 0 bridgehead atoms. The number of fused-ring (bicyclic) bond motifs is 10. The number of pyridine rings is 1. The van der Waals surface area contributed by atoms with Crippen LogP contribution in [0.15, 0.2) is 219 Å². The molecule has 8 heteroatoms. The van der Waals surface area contributed by atoms with E-state index in [1.807, 2.05) is 91.1 Å². The molecule has 2 aliphatic heterocycles. The van der Waals surface area contributed by atoms with Crippen LogP contribution in [-0.4, -0.2) is 14.1 Å². The molecule has 0 saturated carbocycles. The molecule has 0 atom stereocenters. The van der Waals surface area contributed by atoms with Crippen LogP contribution in [0.3, 0.4) is 0 Å². The van der Waals surface area contributed by atoms with E-state index < -0.39 is 0 Å². The van der Waals surface area contributed by atoms with Crippen molar-refractivity contribution in [2.45, 2.75) is 0 Å². The van der Waals surface area contributed by atoms with Crippen molar-refractivity contribution in [2.24, 2.45) is 0 Å². The summed E-state index contributed by atoms with van der Waals surface area (Å²) in [5.41, 5.74) is 12.3. The fraction of sp³-hybridized carbons (Fsp3) is 0. The largest absolute Gasteiger partial charge is 0.453 e. The lowest BCUT2D eigenvalue weighted by Gasteiger charge is -2.34. The van der Waals surface area contributed by atoms with Gasteiger partial charge in [-0.15, -0.1) is 0 Å². The van der Waals surface area contributed by atoms with E-state index >= 15 is 0 Å². The van der Waals surface area contributed by atoms with Crippen molar-refractivity contribution in [3.05, 3.63) is 224 Å². The third kappa shape index (κ3) is 5.51. The highest BCUT2D eigenvalue weighted by Crippen LogP contribution is 2.54. The first kappa shape index (κ1) is 37.8. The van der Waals surface area contributed by atoms with Crippen molar-refractivity contribution in [1.29, 1.82) is 5.26 Å². The monoisotopic (exact) mass is 872 g/mol. The van der Waals surface area contributed by atoms with E-state index in [-0.39, 0.29) is 0 Å². The molecule has 318 valence electrons. The van der Waals surface area contributed by atoms with Crippen LogP contribution in [0.2, 0.25) is 0 Å². The minimum Gasteiger partial charge on any atom is -0.453 e. The van der Waals surface area contributed by atoms with Crippen molar-refractivity contribution in [2.75, 3.05) is 9.80 Å². The first-order valence-electron chi connectivity index (χ1n) is 22.6. The zero-order valence-electron chi connectivity index (χ0n) is 36.3. The number of hydrogen-bond acceptors (Lipinski definition) is 6. The lowest BCUT2D eigenvalue weighted by molar-refractivity contribution is 0.476. The molecule has 5 heterocycles. The van der Waals surface area contributed by atoms with Crippen molar-refractivity contribution in [3.8, 4) is 51.6 Å². The molecular formula is C60H36N6O2. The number of hydrogen-bond donors (Lipinski definition) is 0. The zero-order valence-corrected chi connectivity index (χ0v) is 36.3. The lowest BCUT2D eigenvalue weighted by atomic mass is 9.97. The SMILES string of the molecule is N#Cc1cc(-c2cnc(N3c4ccccc4Oc4ccccc43)cc2-n2c3ccccc3c3ccccc32)c(-n2c3ccccc3c3ccccc32)cc1N1c2ccccc2Oc2ccccc21. The molecular weight excluding hydrogens is 837 g/mol.